The van der Waals surface area contributed by atoms with E-state index in [2.05, 4.69) is 0 Å². The van der Waals surface area contributed by atoms with Crippen LogP contribution in [0.1, 0.15) is 12.8 Å². The number of nitrogens with zero attached hydrogens (tertiary/aromatic N) is 2. The number of hydrogen-bond donors (Lipinski definition) is 0. The van der Waals surface area contributed by atoms with E-state index in [1.165, 1.54) is 12.1 Å². The molecule has 0 aromatic heterocycles. The second-order valence-corrected chi connectivity index (χ2v) is 7.15. The van der Waals surface area contributed by atoms with E-state index in [9.17, 15) is 18.5 Å². The smallest absolute Gasteiger partial charge is 0.311 e. The highest BCUT2D eigenvalue weighted by molar-refractivity contribution is 7.90. The van der Waals surface area contributed by atoms with Crippen molar-refractivity contribution in [1.82, 2.24) is 0 Å². The van der Waals surface area contributed by atoms with Gasteiger partial charge in [-0.1, -0.05) is 6.07 Å². The topological polar surface area (TPSA) is 89.8 Å². The fraction of sp³-hybridized carbons (Fsp3) is 0.538. The third kappa shape index (κ3) is 3.51. The zero-order valence-corrected chi connectivity index (χ0v) is 12.8. The zero-order chi connectivity index (χ0) is 15.6. The maximum absolute atomic E-state index is 11.7. The number of sulfone groups is 1. The van der Waals surface area contributed by atoms with Gasteiger partial charge in [0.2, 0.25) is 0 Å². The first-order chi connectivity index (χ1) is 9.80. The molecule has 0 amide bonds. The van der Waals surface area contributed by atoms with Crippen molar-refractivity contribution in [2.24, 2.45) is 0 Å². The van der Waals surface area contributed by atoms with E-state index in [0.29, 0.717) is 18.8 Å². The van der Waals surface area contributed by atoms with Gasteiger partial charge in [-0.25, -0.2) is 8.42 Å². The number of ether oxygens (including phenoxy) is 1. The Kier molecular flexibility index (Phi) is 4.48. The van der Waals surface area contributed by atoms with Crippen molar-refractivity contribution < 1.29 is 18.1 Å². The highest BCUT2D eigenvalue weighted by Gasteiger charge is 2.29. The third-order valence-corrected chi connectivity index (χ3v) is 4.60. The molecule has 1 atom stereocenters. The molecule has 1 fully saturated rings. The molecule has 2 rings (SSSR count). The number of para-hydroxylation sites is 1. The highest BCUT2D eigenvalue weighted by Crippen LogP contribution is 2.34. The summed E-state index contributed by atoms with van der Waals surface area (Å²) in [4.78, 5) is 12.1. The Labute approximate surface area is 123 Å². The van der Waals surface area contributed by atoms with Crippen LogP contribution in [-0.2, 0) is 14.6 Å². The average molecular weight is 314 g/mol. The fourth-order valence-electron chi connectivity index (χ4n) is 2.49. The molecule has 21 heavy (non-hydrogen) atoms. The maximum Gasteiger partial charge on any atom is 0.311 e. The molecule has 0 aliphatic carbocycles. The fourth-order valence-corrected chi connectivity index (χ4v) is 3.35. The molecule has 8 heteroatoms. The Morgan fingerprint density at radius 1 is 1.48 bits per heavy atom. The first-order valence-corrected chi connectivity index (χ1v) is 8.50. The van der Waals surface area contributed by atoms with Gasteiger partial charge in [0.05, 0.1) is 11.0 Å². The van der Waals surface area contributed by atoms with Crippen LogP contribution in [0.25, 0.3) is 0 Å². The average Bonchev–Trinajstić information content (AvgIpc) is 2.89. The van der Waals surface area contributed by atoms with E-state index in [0.717, 1.165) is 19.1 Å². The van der Waals surface area contributed by atoms with Gasteiger partial charge >= 0.3 is 5.69 Å². The Morgan fingerprint density at radius 2 is 2.19 bits per heavy atom. The summed E-state index contributed by atoms with van der Waals surface area (Å²) in [5.41, 5.74) is -0.0843. The van der Waals surface area contributed by atoms with E-state index in [-0.39, 0.29) is 16.7 Å². The monoisotopic (exact) mass is 314 g/mol. The van der Waals surface area contributed by atoms with Crippen LogP contribution in [0.4, 0.5) is 11.4 Å². The number of rotatable bonds is 5. The molecule has 1 aliphatic heterocycles. The molecule has 1 aromatic carbocycles. The van der Waals surface area contributed by atoms with Crippen molar-refractivity contribution in [3.63, 3.8) is 0 Å². The van der Waals surface area contributed by atoms with Crippen LogP contribution < -0.4 is 4.90 Å². The molecule has 0 spiro atoms. The molecule has 7 nitrogen and oxygen atoms in total. The van der Waals surface area contributed by atoms with Crippen LogP contribution in [0.3, 0.4) is 0 Å². The zero-order valence-electron chi connectivity index (χ0n) is 12.0. The van der Waals surface area contributed by atoms with Crippen LogP contribution in [0, 0.1) is 10.1 Å². The number of nitro groups is 1. The Balaban J connectivity index is 2.40. The van der Waals surface area contributed by atoms with Gasteiger partial charge in [0, 0.05) is 26.5 Å². The molecule has 0 bridgehead atoms. The molecule has 1 aromatic rings. The summed E-state index contributed by atoms with van der Waals surface area (Å²) >= 11 is 0. The summed E-state index contributed by atoms with van der Waals surface area (Å²) in [5, 5.41) is 11.3. The molecular formula is C13H18N2O5S. The third-order valence-electron chi connectivity index (χ3n) is 3.47. The minimum Gasteiger partial charge on any atom is -0.376 e. The summed E-state index contributed by atoms with van der Waals surface area (Å²) in [6, 6.07) is 4.34. The lowest BCUT2D eigenvalue weighted by atomic mass is 10.2. The standard InChI is InChI=1S/C13H18N2O5S/c1-14(9-10-5-4-8-20-10)11-6-3-7-12(21(2,18)19)13(11)15(16)17/h3,6-7,10H,4-5,8-9H2,1-2H3. The summed E-state index contributed by atoms with van der Waals surface area (Å²) in [6.07, 6.45) is 2.88. The van der Waals surface area contributed by atoms with Gasteiger partial charge in [0.25, 0.3) is 0 Å². The number of hydrogen-bond acceptors (Lipinski definition) is 6. The van der Waals surface area contributed by atoms with E-state index in [4.69, 9.17) is 4.74 Å². The molecular weight excluding hydrogens is 296 g/mol. The van der Waals surface area contributed by atoms with Gasteiger partial charge < -0.3 is 9.64 Å². The number of nitro benzene ring substituents is 1. The minimum atomic E-state index is -3.66. The van der Waals surface area contributed by atoms with Gasteiger partial charge in [-0.15, -0.1) is 0 Å². The minimum absolute atomic E-state index is 0.0245. The molecule has 1 saturated heterocycles. The van der Waals surface area contributed by atoms with E-state index in [1.807, 2.05) is 0 Å². The Morgan fingerprint density at radius 3 is 2.71 bits per heavy atom. The van der Waals surface area contributed by atoms with Gasteiger partial charge in [-0.3, -0.25) is 10.1 Å². The second kappa shape index (κ2) is 5.98. The van der Waals surface area contributed by atoms with E-state index >= 15 is 0 Å². The van der Waals surface area contributed by atoms with Gasteiger partial charge in [0.15, 0.2) is 9.84 Å². The number of benzene rings is 1. The number of likely N-dealkylation sites (N-methyl/N-ethyl adjacent to an activating group) is 1. The van der Waals surface area contributed by atoms with Crippen LogP contribution >= 0.6 is 0 Å². The van der Waals surface area contributed by atoms with Gasteiger partial charge in [-0.05, 0) is 25.0 Å². The highest BCUT2D eigenvalue weighted by atomic mass is 32.2. The van der Waals surface area contributed by atoms with Crippen molar-refractivity contribution in [3.05, 3.63) is 28.3 Å². The first-order valence-electron chi connectivity index (χ1n) is 6.61. The van der Waals surface area contributed by atoms with Crippen molar-refractivity contribution in [2.45, 2.75) is 23.8 Å². The van der Waals surface area contributed by atoms with Crippen LogP contribution in [0.2, 0.25) is 0 Å². The van der Waals surface area contributed by atoms with Crippen molar-refractivity contribution in [1.29, 1.82) is 0 Å². The van der Waals surface area contributed by atoms with Crippen LogP contribution in [0.5, 0.6) is 0 Å². The van der Waals surface area contributed by atoms with E-state index < -0.39 is 14.8 Å². The normalized spacial score (nSPS) is 18.7. The SMILES string of the molecule is CN(CC1CCCO1)c1cccc(S(C)(=O)=O)c1[N+](=O)[O-]. The Bertz CT molecular complexity index is 638. The predicted octanol–water partition coefficient (Wildman–Crippen LogP) is 1.61. The molecule has 116 valence electrons. The summed E-state index contributed by atoms with van der Waals surface area (Å²) < 4.78 is 29.0. The lowest BCUT2D eigenvalue weighted by Gasteiger charge is -2.23. The van der Waals surface area contributed by atoms with Gasteiger partial charge in [-0.2, -0.15) is 0 Å². The van der Waals surface area contributed by atoms with Gasteiger partial charge in [0.1, 0.15) is 10.6 Å². The largest absolute Gasteiger partial charge is 0.376 e. The predicted molar refractivity (Wildman–Crippen MR) is 78.5 cm³/mol. The molecule has 1 heterocycles. The molecule has 1 unspecified atom stereocenters. The van der Waals surface area contributed by atoms with Crippen molar-refractivity contribution >= 4 is 21.2 Å². The lowest BCUT2D eigenvalue weighted by Crippen LogP contribution is -2.29. The van der Waals surface area contributed by atoms with Crippen molar-refractivity contribution in [3.8, 4) is 0 Å². The lowest BCUT2D eigenvalue weighted by molar-refractivity contribution is -0.387. The molecule has 0 saturated carbocycles. The second-order valence-electron chi connectivity index (χ2n) is 5.17. The molecule has 1 aliphatic rings. The van der Waals surface area contributed by atoms with Crippen molar-refractivity contribution in [2.75, 3.05) is 31.4 Å². The first kappa shape index (κ1) is 15.7. The summed E-state index contributed by atoms with van der Waals surface area (Å²) in [5.74, 6) is 0. The Hall–Kier alpha value is -1.67. The quantitative estimate of drug-likeness (QED) is 0.606. The number of anilines is 1. The van der Waals surface area contributed by atoms with Crippen LogP contribution in [0.15, 0.2) is 23.1 Å². The maximum atomic E-state index is 11.7. The molecule has 0 radical (unpaired) electrons. The molecule has 0 N–H and O–H groups in total. The summed E-state index contributed by atoms with van der Waals surface area (Å²) in [6.45, 7) is 1.19. The van der Waals surface area contributed by atoms with E-state index in [1.54, 1.807) is 18.0 Å². The summed E-state index contributed by atoms with van der Waals surface area (Å²) in [7, 11) is -1.96. The van der Waals surface area contributed by atoms with Crippen LogP contribution in [-0.4, -0.2) is 45.9 Å².